The maximum absolute atomic E-state index is 12.7. The molecule has 2 fully saturated rings. The number of hydrogen-bond donors (Lipinski definition) is 1. The summed E-state index contributed by atoms with van der Waals surface area (Å²) in [5.74, 6) is 0.422. The molecule has 0 aliphatic carbocycles. The number of carbonyl (C=O) groups excluding carboxylic acids is 1. The first-order chi connectivity index (χ1) is 12.3. The van der Waals surface area contributed by atoms with Gasteiger partial charge in [-0.1, -0.05) is 0 Å². The van der Waals surface area contributed by atoms with Crippen LogP contribution < -0.4 is 5.32 Å². The highest BCUT2D eigenvalue weighted by Gasteiger charge is 2.33. The second-order valence-electron chi connectivity index (χ2n) is 7.06. The van der Waals surface area contributed by atoms with Crippen molar-refractivity contribution < 1.29 is 18.0 Å². The van der Waals surface area contributed by atoms with Gasteiger partial charge < -0.3 is 15.1 Å². The smallest absolute Gasteiger partial charge is 0.367 e. The van der Waals surface area contributed by atoms with Gasteiger partial charge in [0, 0.05) is 51.3 Å². The third-order valence-corrected chi connectivity index (χ3v) is 5.24. The van der Waals surface area contributed by atoms with Crippen LogP contribution in [0.3, 0.4) is 0 Å². The maximum atomic E-state index is 12.7. The summed E-state index contributed by atoms with van der Waals surface area (Å²) in [7, 11) is 1.87. The molecule has 1 aromatic rings. The molecule has 0 spiro atoms. The second kappa shape index (κ2) is 7.77. The molecule has 9 heteroatoms. The van der Waals surface area contributed by atoms with Gasteiger partial charge in [0.25, 0.3) is 0 Å². The topological polar surface area (TPSA) is 61.4 Å². The summed E-state index contributed by atoms with van der Waals surface area (Å²) in [6.45, 7) is 2.57. The first-order valence-electron chi connectivity index (χ1n) is 8.96. The van der Waals surface area contributed by atoms with E-state index in [2.05, 4.69) is 20.2 Å². The molecular weight excluding hydrogens is 347 g/mol. The number of anilines is 1. The Balaban J connectivity index is 1.49. The Kier molecular flexibility index (Phi) is 5.64. The number of hydrogen-bond acceptors (Lipinski definition) is 5. The number of amides is 1. The van der Waals surface area contributed by atoms with E-state index in [9.17, 15) is 18.0 Å². The Labute approximate surface area is 150 Å². The van der Waals surface area contributed by atoms with E-state index < -0.39 is 11.9 Å². The molecule has 1 amide bonds. The van der Waals surface area contributed by atoms with Crippen LogP contribution in [0.25, 0.3) is 0 Å². The monoisotopic (exact) mass is 371 g/mol. The van der Waals surface area contributed by atoms with E-state index in [1.807, 2.05) is 11.9 Å². The van der Waals surface area contributed by atoms with Crippen molar-refractivity contribution in [3.8, 4) is 0 Å². The normalized spacial score (nSPS) is 23.3. The summed E-state index contributed by atoms with van der Waals surface area (Å²) in [4.78, 5) is 23.2. The number of halogens is 3. The van der Waals surface area contributed by atoms with Crippen LogP contribution in [0.15, 0.2) is 12.4 Å². The standard InChI is InChI=1S/C17H24F3N5O/c1-24-13(3-2-4-16(24)26)10-25-7-5-12(6-8-25)23-15-9-14(17(18,19)20)21-11-22-15/h9,11-13H,2-8,10H2,1H3,(H,21,22,23). The van der Waals surface area contributed by atoms with Crippen molar-refractivity contribution in [2.75, 3.05) is 32.0 Å². The number of likely N-dealkylation sites (N-methyl/N-ethyl adjacent to an activating group) is 1. The quantitative estimate of drug-likeness (QED) is 0.881. The third kappa shape index (κ3) is 4.63. The molecule has 1 unspecified atom stereocenters. The Morgan fingerprint density at radius 3 is 2.65 bits per heavy atom. The third-order valence-electron chi connectivity index (χ3n) is 5.24. The first-order valence-corrected chi connectivity index (χ1v) is 8.96. The number of likely N-dealkylation sites (tertiary alicyclic amines) is 2. The molecule has 144 valence electrons. The van der Waals surface area contributed by atoms with Gasteiger partial charge in [0.1, 0.15) is 17.8 Å². The largest absolute Gasteiger partial charge is 0.433 e. The lowest BCUT2D eigenvalue weighted by molar-refractivity contribution is -0.141. The molecular formula is C17H24F3N5O. The predicted octanol–water partition coefficient (Wildman–Crippen LogP) is 2.38. The molecule has 0 bridgehead atoms. The van der Waals surface area contributed by atoms with Gasteiger partial charge in [-0.3, -0.25) is 4.79 Å². The van der Waals surface area contributed by atoms with Crippen molar-refractivity contribution in [1.29, 1.82) is 0 Å². The molecule has 1 N–H and O–H groups in total. The Bertz CT molecular complexity index is 631. The van der Waals surface area contributed by atoms with Crippen LogP contribution in [0.5, 0.6) is 0 Å². The van der Waals surface area contributed by atoms with Crippen molar-refractivity contribution in [3.63, 3.8) is 0 Å². The zero-order valence-electron chi connectivity index (χ0n) is 14.8. The van der Waals surface area contributed by atoms with Crippen molar-refractivity contribution >= 4 is 11.7 Å². The highest BCUT2D eigenvalue weighted by molar-refractivity contribution is 5.76. The fraction of sp³-hybridized carbons (Fsp3) is 0.706. The lowest BCUT2D eigenvalue weighted by Crippen LogP contribution is -2.50. The number of alkyl halides is 3. The van der Waals surface area contributed by atoms with Gasteiger partial charge in [-0.2, -0.15) is 13.2 Å². The summed E-state index contributed by atoms with van der Waals surface area (Å²) < 4.78 is 38.2. The number of piperidine rings is 2. The number of aromatic nitrogens is 2. The van der Waals surface area contributed by atoms with Crippen molar-refractivity contribution in [1.82, 2.24) is 19.8 Å². The van der Waals surface area contributed by atoms with E-state index in [1.165, 1.54) is 0 Å². The fourth-order valence-electron chi connectivity index (χ4n) is 3.63. The van der Waals surface area contributed by atoms with Crippen molar-refractivity contribution in [2.24, 2.45) is 0 Å². The van der Waals surface area contributed by atoms with Crippen LogP contribution in [0.4, 0.5) is 19.0 Å². The van der Waals surface area contributed by atoms with Gasteiger partial charge in [0.15, 0.2) is 0 Å². The molecule has 6 nitrogen and oxygen atoms in total. The Hall–Kier alpha value is -1.90. The summed E-state index contributed by atoms with van der Waals surface area (Å²) in [5, 5.41) is 3.09. The van der Waals surface area contributed by atoms with Crippen LogP contribution in [-0.4, -0.2) is 64.4 Å². The molecule has 0 aromatic carbocycles. The average molecular weight is 371 g/mol. The Morgan fingerprint density at radius 2 is 1.96 bits per heavy atom. The number of nitrogens with one attached hydrogen (secondary N) is 1. The number of carbonyl (C=O) groups is 1. The lowest BCUT2D eigenvalue weighted by atomic mass is 9.99. The van der Waals surface area contributed by atoms with Crippen LogP contribution in [-0.2, 0) is 11.0 Å². The van der Waals surface area contributed by atoms with Gasteiger partial charge in [-0.15, -0.1) is 0 Å². The molecule has 0 radical (unpaired) electrons. The molecule has 0 saturated carbocycles. The minimum absolute atomic E-state index is 0.0907. The summed E-state index contributed by atoms with van der Waals surface area (Å²) in [6.07, 6.45) is 0.744. The van der Waals surface area contributed by atoms with Gasteiger partial charge in [-0.25, -0.2) is 9.97 Å². The zero-order chi connectivity index (χ0) is 18.7. The molecule has 2 saturated heterocycles. The molecule has 2 aliphatic heterocycles. The number of nitrogens with zero attached hydrogens (tertiary/aromatic N) is 4. The van der Waals surface area contributed by atoms with Gasteiger partial charge in [-0.05, 0) is 25.7 Å². The summed E-state index contributed by atoms with van der Waals surface area (Å²) >= 11 is 0. The minimum Gasteiger partial charge on any atom is -0.367 e. The van der Waals surface area contributed by atoms with Crippen molar-refractivity contribution in [3.05, 3.63) is 18.1 Å². The van der Waals surface area contributed by atoms with Gasteiger partial charge in [0.05, 0.1) is 0 Å². The Morgan fingerprint density at radius 1 is 1.23 bits per heavy atom. The predicted molar refractivity (Wildman–Crippen MR) is 90.5 cm³/mol. The molecule has 3 rings (SSSR count). The fourth-order valence-corrected chi connectivity index (χ4v) is 3.63. The maximum Gasteiger partial charge on any atom is 0.433 e. The first kappa shape index (κ1) is 18.9. The van der Waals surface area contributed by atoms with E-state index in [-0.39, 0.29) is 23.8 Å². The van der Waals surface area contributed by atoms with Crippen LogP contribution in [0.1, 0.15) is 37.8 Å². The SMILES string of the molecule is CN1C(=O)CCCC1CN1CCC(Nc2cc(C(F)(F)F)ncn2)CC1. The van der Waals surface area contributed by atoms with Gasteiger partial charge >= 0.3 is 6.18 Å². The van der Waals surface area contributed by atoms with Gasteiger partial charge in [0.2, 0.25) is 5.91 Å². The zero-order valence-corrected chi connectivity index (χ0v) is 14.8. The van der Waals surface area contributed by atoms with Crippen LogP contribution in [0.2, 0.25) is 0 Å². The number of rotatable bonds is 4. The second-order valence-corrected chi connectivity index (χ2v) is 7.06. The van der Waals surface area contributed by atoms with E-state index in [1.54, 1.807) is 0 Å². The molecule has 1 atom stereocenters. The van der Waals surface area contributed by atoms with E-state index in [0.717, 1.165) is 57.7 Å². The molecule has 2 aliphatic rings. The molecule has 26 heavy (non-hydrogen) atoms. The van der Waals surface area contributed by atoms with Crippen LogP contribution in [0, 0.1) is 0 Å². The molecule has 1 aromatic heterocycles. The van der Waals surface area contributed by atoms with E-state index in [0.29, 0.717) is 6.42 Å². The van der Waals surface area contributed by atoms with E-state index >= 15 is 0 Å². The summed E-state index contributed by atoms with van der Waals surface area (Å²) in [6, 6.07) is 1.31. The summed E-state index contributed by atoms with van der Waals surface area (Å²) in [5.41, 5.74) is -0.933. The van der Waals surface area contributed by atoms with E-state index in [4.69, 9.17) is 0 Å². The van der Waals surface area contributed by atoms with Crippen LogP contribution >= 0.6 is 0 Å². The highest BCUT2D eigenvalue weighted by Crippen LogP contribution is 2.28. The highest BCUT2D eigenvalue weighted by atomic mass is 19.4. The minimum atomic E-state index is -4.47. The lowest BCUT2D eigenvalue weighted by Gasteiger charge is -2.39. The molecule has 3 heterocycles. The van der Waals surface area contributed by atoms with Crippen molar-refractivity contribution in [2.45, 2.75) is 50.4 Å². The average Bonchev–Trinajstić information content (AvgIpc) is 2.60.